The lowest BCUT2D eigenvalue weighted by Gasteiger charge is -2.29. The predicted octanol–water partition coefficient (Wildman–Crippen LogP) is 3.01. The molecule has 1 unspecified atom stereocenters. The van der Waals surface area contributed by atoms with Crippen molar-refractivity contribution < 1.29 is 40.8 Å². The van der Waals surface area contributed by atoms with Crippen LogP contribution in [0.4, 0.5) is 13.2 Å². The number of aliphatic hydroxyl groups is 1. The van der Waals surface area contributed by atoms with E-state index in [1.54, 1.807) is 13.8 Å². The van der Waals surface area contributed by atoms with E-state index in [1.165, 1.54) is 0 Å². The van der Waals surface area contributed by atoms with Gasteiger partial charge in [0.25, 0.3) is 0 Å². The van der Waals surface area contributed by atoms with Crippen LogP contribution >= 0.6 is 0 Å². The summed E-state index contributed by atoms with van der Waals surface area (Å²) in [7, 11) is -5.90. The third kappa shape index (κ3) is 5.38. The van der Waals surface area contributed by atoms with Crippen LogP contribution in [0.3, 0.4) is 0 Å². The topological polar surface area (TPSA) is 101 Å². The minimum absolute atomic E-state index is 0.0981. The number of hydrogen-bond donors (Lipinski definition) is 2. The molecule has 0 bridgehead atoms. The summed E-state index contributed by atoms with van der Waals surface area (Å²) in [6, 6.07) is 0. The molecular formula is C13H21F3O6S. The van der Waals surface area contributed by atoms with E-state index in [9.17, 15) is 31.5 Å². The Labute approximate surface area is 133 Å². The number of carbonyl (C=O) groups excluding carboxylic acids is 1. The maximum Gasteiger partial charge on any atom is 0.400 e. The molecule has 2 N–H and O–H groups in total. The lowest BCUT2D eigenvalue weighted by molar-refractivity contribution is -0.158. The van der Waals surface area contributed by atoms with Crippen molar-refractivity contribution in [3.63, 3.8) is 0 Å². The average Bonchev–Trinajstić information content (AvgIpc) is 2.42. The van der Waals surface area contributed by atoms with E-state index < -0.39 is 46.0 Å². The Morgan fingerprint density at radius 3 is 2.13 bits per heavy atom. The number of alkyl halides is 3. The quantitative estimate of drug-likeness (QED) is 0.352. The molecule has 0 spiro atoms. The van der Waals surface area contributed by atoms with E-state index in [0.717, 1.165) is 0 Å². The standard InChI is InChI=1S/C13H21F3O6S/c1-4-12(5-2,8-9(3)17)11(18)22-7-6-10(14)13(15,16)23(19,20)21/h10,17H,3-8H2,1-2H3,(H,19,20,21). The summed E-state index contributed by atoms with van der Waals surface area (Å²) in [5.41, 5.74) is -1.12. The molecule has 0 saturated carbocycles. The normalized spacial score (nSPS) is 14.3. The zero-order valence-electron chi connectivity index (χ0n) is 12.9. The van der Waals surface area contributed by atoms with Gasteiger partial charge in [-0.3, -0.25) is 9.35 Å². The van der Waals surface area contributed by atoms with E-state index in [2.05, 4.69) is 6.58 Å². The number of carbonyl (C=O) groups is 1. The van der Waals surface area contributed by atoms with Gasteiger partial charge >= 0.3 is 21.3 Å². The van der Waals surface area contributed by atoms with Crippen molar-refractivity contribution >= 4 is 16.1 Å². The third-order valence-corrected chi connectivity index (χ3v) is 4.59. The van der Waals surface area contributed by atoms with Gasteiger partial charge in [0.2, 0.25) is 0 Å². The fourth-order valence-electron chi connectivity index (χ4n) is 1.99. The fraction of sp³-hybridized carbons (Fsp3) is 0.769. The van der Waals surface area contributed by atoms with Gasteiger partial charge in [0, 0.05) is 12.8 Å². The van der Waals surface area contributed by atoms with Gasteiger partial charge in [-0.25, -0.2) is 4.39 Å². The Kier molecular flexibility index (Phi) is 7.55. The fourth-order valence-corrected chi connectivity index (χ4v) is 2.43. The molecule has 0 fully saturated rings. The van der Waals surface area contributed by atoms with Gasteiger partial charge in [0.1, 0.15) is 0 Å². The van der Waals surface area contributed by atoms with Crippen molar-refractivity contribution in [1.29, 1.82) is 0 Å². The highest BCUT2D eigenvalue weighted by Crippen LogP contribution is 2.35. The van der Waals surface area contributed by atoms with Crippen LogP contribution in [0.1, 0.15) is 39.5 Å². The van der Waals surface area contributed by atoms with Crippen LogP contribution in [0.25, 0.3) is 0 Å². The zero-order valence-corrected chi connectivity index (χ0v) is 13.7. The van der Waals surface area contributed by atoms with Crippen LogP contribution in [0.5, 0.6) is 0 Å². The Hall–Kier alpha value is -1.29. The molecule has 0 aromatic rings. The maximum atomic E-state index is 13.3. The van der Waals surface area contributed by atoms with Crippen molar-refractivity contribution in [1.82, 2.24) is 0 Å². The monoisotopic (exact) mass is 362 g/mol. The highest BCUT2D eigenvalue weighted by molar-refractivity contribution is 7.86. The largest absolute Gasteiger partial charge is 0.513 e. The first-order valence-corrected chi connectivity index (χ1v) is 8.31. The second-order valence-corrected chi connectivity index (χ2v) is 6.65. The van der Waals surface area contributed by atoms with Crippen molar-refractivity contribution in [2.75, 3.05) is 6.61 Å². The van der Waals surface area contributed by atoms with Crippen molar-refractivity contribution in [3.8, 4) is 0 Å². The number of halogens is 3. The highest BCUT2D eigenvalue weighted by Gasteiger charge is 2.52. The Balaban J connectivity index is 4.80. The predicted molar refractivity (Wildman–Crippen MR) is 76.4 cm³/mol. The molecule has 1 atom stereocenters. The highest BCUT2D eigenvalue weighted by atomic mass is 32.2. The molecule has 0 rings (SSSR count). The van der Waals surface area contributed by atoms with E-state index in [-0.39, 0.29) is 25.0 Å². The summed E-state index contributed by atoms with van der Waals surface area (Å²) in [5.74, 6) is -1.09. The zero-order chi connectivity index (χ0) is 18.5. The molecule has 136 valence electrons. The average molecular weight is 362 g/mol. The van der Waals surface area contributed by atoms with Gasteiger partial charge in [0.15, 0.2) is 6.17 Å². The second kappa shape index (κ2) is 8.00. The first-order chi connectivity index (χ1) is 10.3. The van der Waals surface area contributed by atoms with E-state index in [0.29, 0.717) is 0 Å². The van der Waals surface area contributed by atoms with Crippen molar-refractivity contribution in [2.45, 2.75) is 51.0 Å². The number of aliphatic hydroxyl groups excluding tert-OH is 1. The second-order valence-electron chi connectivity index (χ2n) is 5.16. The van der Waals surface area contributed by atoms with Crippen LogP contribution in [0, 0.1) is 5.41 Å². The summed E-state index contributed by atoms with van der Waals surface area (Å²) in [6.07, 6.45) is -3.90. The minimum atomic E-state index is -5.90. The summed E-state index contributed by atoms with van der Waals surface area (Å²) >= 11 is 0. The summed E-state index contributed by atoms with van der Waals surface area (Å²) in [5, 5.41) is 4.27. The van der Waals surface area contributed by atoms with Gasteiger partial charge < -0.3 is 9.84 Å². The van der Waals surface area contributed by atoms with Crippen LogP contribution < -0.4 is 0 Å². The van der Waals surface area contributed by atoms with Gasteiger partial charge in [-0.2, -0.15) is 17.2 Å². The molecule has 0 aliphatic heterocycles. The van der Waals surface area contributed by atoms with E-state index in [4.69, 9.17) is 9.29 Å². The summed E-state index contributed by atoms with van der Waals surface area (Å²) in [6.45, 7) is 5.78. The van der Waals surface area contributed by atoms with E-state index in [1.807, 2.05) is 0 Å². The van der Waals surface area contributed by atoms with Crippen LogP contribution in [-0.4, -0.2) is 42.1 Å². The smallest absolute Gasteiger partial charge is 0.400 e. The lowest BCUT2D eigenvalue weighted by Crippen LogP contribution is -2.39. The van der Waals surface area contributed by atoms with Gasteiger partial charge in [-0.05, 0) is 12.8 Å². The number of rotatable bonds is 10. The molecule has 0 radical (unpaired) electrons. The molecule has 0 saturated heterocycles. The van der Waals surface area contributed by atoms with E-state index >= 15 is 0 Å². The van der Waals surface area contributed by atoms with Gasteiger partial charge in [-0.15, -0.1) is 0 Å². The maximum absolute atomic E-state index is 13.3. The Morgan fingerprint density at radius 1 is 1.30 bits per heavy atom. The number of hydrogen-bond acceptors (Lipinski definition) is 5. The molecule has 10 heteroatoms. The Morgan fingerprint density at radius 2 is 1.78 bits per heavy atom. The number of esters is 1. The third-order valence-electron chi connectivity index (χ3n) is 3.64. The first-order valence-electron chi connectivity index (χ1n) is 6.87. The van der Waals surface area contributed by atoms with Crippen LogP contribution in [0.15, 0.2) is 12.3 Å². The molecule has 23 heavy (non-hydrogen) atoms. The SMILES string of the molecule is C=C(O)CC(CC)(CC)C(=O)OCCC(F)C(F)(F)S(=O)(=O)O. The van der Waals surface area contributed by atoms with Gasteiger partial charge in [0.05, 0.1) is 17.8 Å². The molecular weight excluding hydrogens is 341 g/mol. The first kappa shape index (κ1) is 21.7. The molecule has 0 aromatic carbocycles. The minimum Gasteiger partial charge on any atom is -0.513 e. The molecule has 0 aromatic heterocycles. The van der Waals surface area contributed by atoms with Crippen molar-refractivity contribution in [2.24, 2.45) is 5.41 Å². The van der Waals surface area contributed by atoms with Crippen molar-refractivity contribution in [3.05, 3.63) is 12.3 Å². The number of allylic oxidation sites excluding steroid dienone is 1. The summed E-state index contributed by atoms with van der Waals surface area (Å²) < 4.78 is 73.0. The molecule has 0 amide bonds. The number of ether oxygens (including phenoxy) is 1. The van der Waals surface area contributed by atoms with Crippen LogP contribution in [0.2, 0.25) is 0 Å². The van der Waals surface area contributed by atoms with Crippen LogP contribution in [-0.2, 0) is 19.6 Å². The molecule has 0 aliphatic carbocycles. The van der Waals surface area contributed by atoms with Gasteiger partial charge in [-0.1, -0.05) is 20.4 Å². The molecule has 6 nitrogen and oxygen atoms in total. The lowest BCUT2D eigenvalue weighted by atomic mass is 9.79. The Bertz CT molecular complexity index is 528. The summed E-state index contributed by atoms with van der Waals surface area (Å²) in [4.78, 5) is 12.0. The molecule has 0 aliphatic rings. The molecule has 0 heterocycles.